The van der Waals surface area contributed by atoms with E-state index in [1.807, 2.05) is 5.32 Å². The number of rotatable bonds is 6. The van der Waals surface area contributed by atoms with E-state index in [9.17, 15) is 31.5 Å². The van der Waals surface area contributed by atoms with Crippen molar-refractivity contribution in [1.29, 1.82) is 0 Å². The Morgan fingerprint density at radius 3 is 1.88 bits per heavy atom. The van der Waals surface area contributed by atoms with Crippen molar-refractivity contribution in [2.45, 2.75) is 18.9 Å². The number of halogens is 5. The molecule has 0 unspecified atom stereocenters. The molecular weight excluding hydrogens is 361 g/mol. The summed E-state index contributed by atoms with van der Waals surface area (Å²) in [6, 6.07) is 6.75. The van der Waals surface area contributed by atoms with E-state index in [0.29, 0.717) is 5.56 Å². The lowest BCUT2D eigenvalue weighted by Crippen LogP contribution is -2.43. The van der Waals surface area contributed by atoms with Gasteiger partial charge in [0.05, 0.1) is 6.42 Å². The maximum absolute atomic E-state index is 13.6. The number of benzene rings is 2. The van der Waals surface area contributed by atoms with E-state index in [1.165, 1.54) is 0 Å². The topological polar surface area (TPSA) is 66.4 Å². The van der Waals surface area contributed by atoms with Crippen LogP contribution in [0.25, 0.3) is 0 Å². The highest BCUT2D eigenvalue weighted by Gasteiger charge is 2.28. The first kappa shape index (κ1) is 19.4. The Hall–Kier alpha value is -2.97. The number of carbonyl (C=O) groups excluding carboxylic acids is 1. The molecule has 26 heavy (non-hydrogen) atoms. The van der Waals surface area contributed by atoms with Gasteiger partial charge in [-0.15, -0.1) is 0 Å². The van der Waals surface area contributed by atoms with Gasteiger partial charge in [-0.1, -0.05) is 30.3 Å². The van der Waals surface area contributed by atoms with Crippen LogP contribution in [0.5, 0.6) is 0 Å². The molecule has 1 amide bonds. The second-order valence-corrected chi connectivity index (χ2v) is 5.37. The molecule has 4 nitrogen and oxygen atoms in total. The molecule has 0 saturated heterocycles. The van der Waals surface area contributed by atoms with Gasteiger partial charge in [-0.3, -0.25) is 4.79 Å². The maximum Gasteiger partial charge on any atom is 0.326 e. The summed E-state index contributed by atoms with van der Waals surface area (Å²) in [5.74, 6) is -13.6. The predicted molar refractivity (Wildman–Crippen MR) is 79.6 cm³/mol. The van der Waals surface area contributed by atoms with Gasteiger partial charge < -0.3 is 10.4 Å². The molecule has 0 spiro atoms. The van der Waals surface area contributed by atoms with Crippen LogP contribution >= 0.6 is 0 Å². The van der Waals surface area contributed by atoms with Crippen LogP contribution in [-0.2, 0) is 22.4 Å². The van der Waals surface area contributed by atoms with Gasteiger partial charge in [-0.2, -0.15) is 0 Å². The standard InChI is InChI=1S/C17H12F5NO3/c18-12-9(13(19)15(21)16(22)14(12)20)7-11(24)23-10(17(25)26)6-8-4-2-1-3-5-8/h1-5,10H,6-7H2,(H,23,24)(H,25,26)/t10-/m0/s1. The zero-order chi connectivity index (χ0) is 19.4. The smallest absolute Gasteiger partial charge is 0.326 e. The molecular formula is C17H12F5NO3. The third kappa shape index (κ3) is 4.16. The van der Waals surface area contributed by atoms with Gasteiger partial charge in [-0.05, 0) is 5.56 Å². The monoisotopic (exact) mass is 373 g/mol. The Bertz CT molecular complexity index is 813. The lowest BCUT2D eigenvalue weighted by molar-refractivity contribution is -0.141. The molecule has 1 atom stereocenters. The molecule has 0 fully saturated rings. The fourth-order valence-electron chi connectivity index (χ4n) is 2.26. The molecule has 2 aromatic carbocycles. The molecule has 0 aromatic heterocycles. The Kier molecular flexibility index (Phi) is 5.91. The Balaban J connectivity index is 2.18. The molecule has 2 N–H and O–H groups in total. The highest BCUT2D eigenvalue weighted by atomic mass is 19.2. The van der Waals surface area contributed by atoms with Gasteiger partial charge in [0, 0.05) is 12.0 Å². The van der Waals surface area contributed by atoms with Crippen LogP contribution in [0.3, 0.4) is 0 Å². The van der Waals surface area contributed by atoms with Crippen molar-refractivity contribution in [1.82, 2.24) is 5.32 Å². The van der Waals surface area contributed by atoms with Crippen LogP contribution in [0.4, 0.5) is 22.0 Å². The summed E-state index contributed by atoms with van der Waals surface area (Å²) in [4.78, 5) is 23.1. The normalized spacial score (nSPS) is 11.9. The van der Waals surface area contributed by atoms with Crippen molar-refractivity contribution in [2.24, 2.45) is 0 Å². The number of amides is 1. The van der Waals surface area contributed by atoms with E-state index in [2.05, 4.69) is 0 Å². The molecule has 0 saturated carbocycles. The lowest BCUT2D eigenvalue weighted by atomic mass is 10.0. The lowest BCUT2D eigenvalue weighted by Gasteiger charge is -2.15. The molecule has 9 heteroatoms. The summed E-state index contributed by atoms with van der Waals surface area (Å²) in [6.07, 6.45) is -1.33. The summed E-state index contributed by atoms with van der Waals surface area (Å²) in [5, 5.41) is 11.2. The minimum atomic E-state index is -2.34. The molecule has 0 aliphatic rings. The quantitative estimate of drug-likeness (QED) is 0.465. The average Bonchev–Trinajstić information content (AvgIpc) is 2.62. The van der Waals surface area contributed by atoms with Crippen LogP contribution in [0.1, 0.15) is 11.1 Å². The number of carboxylic acid groups (broad SMARTS) is 1. The largest absolute Gasteiger partial charge is 0.480 e. The van der Waals surface area contributed by atoms with Gasteiger partial charge >= 0.3 is 5.97 Å². The number of hydrogen-bond donors (Lipinski definition) is 2. The van der Waals surface area contributed by atoms with Crippen LogP contribution in [-0.4, -0.2) is 23.0 Å². The summed E-state index contributed by atoms with van der Waals surface area (Å²) in [5.41, 5.74) is -0.765. The minimum absolute atomic E-state index is 0.126. The van der Waals surface area contributed by atoms with Gasteiger partial charge in [0.25, 0.3) is 0 Å². The van der Waals surface area contributed by atoms with Crippen LogP contribution < -0.4 is 5.32 Å². The number of hydrogen-bond acceptors (Lipinski definition) is 2. The summed E-state index contributed by atoms with van der Waals surface area (Å²) in [6.45, 7) is 0. The van der Waals surface area contributed by atoms with Crippen molar-refractivity contribution in [3.05, 3.63) is 70.5 Å². The SMILES string of the molecule is O=C(Cc1c(F)c(F)c(F)c(F)c1F)N[C@@H](Cc1ccccc1)C(=O)O. The number of carbonyl (C=O) groups is 2. The summed E-state index contributed by atoms with van der Waals surface area (Å²) < 4.78 is 66.5. The van der Waals surface area contributed by atoms with E-state index in [0.717, 1.165) is 0 Å². The highest BCUT2D eigenvalue weighted by molar-refractivity contribution is 5.85. The first-order chi connectivity index (χ1) is 12.2. The summed E-state index contributed by atoms with van der Waals surface area (Å²) in [7, 11) is 0. The zero-order valence-electron chi connectivity index (χ0n) is 13.0. The van der Waals surface area contributed by atoms with E-state index in [4.69, 9.17) is 5.11 Å². The van der Waals surface area contributed by atoms with E-state index in [-0.39, 0.29) is 6.42 Å². The third-order valence-corrected chi connectivity index (χ3v) is 3.55. The van der Waals surface area contributed by atoms with E-state index in [1.54, 1.807) is 30.3 Å². The number of carboxylic acids is 1. The maximum atomic E-state index is 13.6. The van der Waals surface area contributed by atoms with Crippen molar-refractivity contribution in [3.8, 4) is 0 Å². The van der Waals surface area contributed by atoms with Crippen molar-refractivity contribution >= 4 is 11.9 Å². The predicted octanol–water partition coefficient (Wildman–Crippen LogP) is 2.74. The first-order valence-electron chi connectivity index (χ1n) is 7.28. The van der Waals surface area contributed by atoms with E-state index < -0.39 is 59.0 Å². The molecule has 0 heterocycles. The zero-order valence-corrected chi connectivity index (χ0v) is 13.0. The third-order valence-electron chi connectivity index (χ3n) is 3.55. The second kappa shape index (κ2) is 7.94. The van der Waals surface area contributed by atoms with Gasteiger partial charge in [0.15, 0.2) is 23.3 Å². The van der Waals surface area contributed by atoms with Gasteiger partial charge in [0.1, 0.15) is 6.04 Å². The Morgan fingerprint density at radius 2 is 1.38 bits per heavy atom. The number of nitrogens with one attached hydrogen (secondary N) is 1. The Labute approximate surface area is 144 Å². The molecule has 2 rings (SSSR count). The minimum Gasteiger partial charge on any atom is -0.480 e. The van der Waals surface area contributed by atoms with Crippen LogP contribution in [0.2, 0.25) is 0 Å². The second-order valence-electron chi connectivity index (χ2n) is 5.37. The molecule has 0 bridgehead atoms. The van der Waals surface area contributed by atoms with Crippen LogP contribution in [0.15, 0.2) is 30.3 Å². The fraction of sp³-hybridized carbons (Fsp3) is 0.176. The molecule has 0 aliphatic heterocycles. The number of aliphatic carboxylic acids is 1. The highest BCUT2D eigenvalue weighted by Crippen LogP contribution is 2.23. The van der Waals surface area contributed by atoms with Crippen molar-refractivity contribution in [3.63, 3.8) is 0 Å². The van der Waals surface area contributed by atoms with Crippen molar-refractivity contribution in [2.75, 3.05) is 0 Å². The van der Waals surface area contributed by atoms with E-state index >= 15 is 0 Å². The Morgan fingerprint density at radius 1 is 0.885 bits per heavy atom. The molecule has 2 aromatic rings. The average molecular weight is 373 g/mol. The summed E-state index contributed by atoms with van der Waals surface area (Å²) >= 11 is 0. The fourth-order valence-corrected chi connectivity index (χ4v) is 2.26. The van der Waals surface area contributed by atoms with Crippen molar-refractivity contribution < 1.29 is 36.6 Å². The molecule has 0 aliphatic carbocycles. The molecule has 138 valence electrons. The van der Waals surface area contributed by atoms with Gasteiger partial charge in [0.2, 0.25) is 11.7 Å². The first-order valence-corrected chi connectivity index (χ1v) is 7.28. The van der Waals surface area contributed by atoms with Gasteiger partial charge in [-0.25, -0.2) is 26.7 Å². The molecule has 0 radical (unpaired) electrons. The van der Waals surface area contributed by atoms with Crippen LogP contribution in [0, 0.1) is 29.1 Å².